The minimum Gasteiger partial charge on any atom is -0.459 e. The number of nitrogens with one attached hydrogen (secondary N) is 3. The highest BCUT2D eigenvalue weighted by atomic mass is 16.5. The lowest BCUT2D eigenvalue weighted by atomic mass is 10.1. The number of H-pyrrole nitrogens is 1. The first-order valence-corrected chi connectivity index (χ1v) is 14.6. The number of hydrogen-bond donors (Lipinski definition) is 3. The number of aromatic nitrogens is 7. The standard InChI is InChI=1S/C31H35N11O3/c1-18-14-34-30(37-25-13-19(2)41(5)39-25)38-27(18)22-15-33-28-21(22)7-6-8-23(28)35-26(43)17-42-12-10-20(16-42)45-31-32-11-9-24(36-31)29(44)40(3)4/h6-9,11,13-15,20,33H,10,12,16-17H2,1-5H3,(H,35,43)(H,34,37,38,39)/t20-/m0/s1. The highest BCUT2D eigenvalue weighted by Crippen LogP contribution is 2.33. The van der Waals surface area contributed by atoms with Crippen molar-refractivity contribution < 1.29 is 14.3 Å². The number of aryl methyl sites for hydroxylation is 3. The van der Waals surface area contributed by atoms with E-state index in [1.54, 1.807) is 31.0 Å². The number of rotatable bonds is 9. The highest BCUT2D eigenvalue weighted by Gasteiger charge is 2.27. The first-order chi connectivity index (χ1) is 21.6. The minimum absolute atomic E-state index is 0.135. The molecule has 1 aliphatic rings. The number of aromatic amines is 1. The molecule has 5 heterocycles. The van der Waals surface area contributed by atoms with Crippen LogP contribution in [0.25, 0.3) is 22.2 Å². The molecule has 1 saturated heterocycles. The normalized spacial score (nSPS) is 14.9. The van der Waals surface area contributed by atoms with E-state index >= 15 is 0 Å². The molecule has 0 spiro atoms. The molecule has 45 heavy (non-hydrogen) atoms. The Morgan fingerprint density at radius 1 is 1.16 bits per heavy atom. The second-order valence-corrected chi connectivity index (χ2v) is 11.3. The third kappa shape index (κ3) is 6.45. The molecule has 0 saturated carbocycles. The summed E-state index contributed by atoms with van der Waals surface area (Å²) in [6, 6.07) is 9.43. The Hall–Kier alpha value is -5.37. The summed E-state index contributed by atoms with van der Waals surface area (Å²) < 4.78 is 7.73. The molecule has 14 nitrogen and oxygen atoms in total. The number of anilines is 3. The molecular weight excluding hydrogens is 574 g/mol. The van der Waals surface area contributed by atoms with Crippen LogP contribution in [0.4, 0.5) is 17.5 Å². The van der Waals surface area contributed by atoms with Crippen molar-refractivity contribution in [3.05, 3.63) is 65.9 Å². The summed E-state index contributed by atoms with van der Waals surface area (Å²) in [5.74, 6) is 0.760. The maximum atomic E-state index is 13.1. The Bertz CT molecular complexity index is 1860. The van der Waals surface area contributed by atoms with Crippen LogP contribution < -0.4 is 15.4 Å². The van der Waals surface area contributed by atoms with E-state index in [0.717, 1.165) is 33.4 Å². The van der Waals surface area contributed by atoms with E-state index in [0.29, 0.717) is 37.0 Å². The zero-order chi connectivity index (χ0) is 31.7. The smallest absolute Gasteiger partial charge is 0.317 e. The first kappa shape index (κ1) is 29.7. The molecule has 1 aromatic carbocycles. The Kier molecular flexibility index (Phi) is 8.13. The lowest BCUT2D eigenvalue weighted by Gasteiger charge is -2.16. The second-order valence-electron chi connectivity index (χ2n) is 11.3. The van der Waals surface area contributed by atoms with Gasteiger partial charge in [-0.05, 0) is 38.0 Å². The van der Waals surface area contributed by atoms with Gasteiger partial charge in [0.05, 0.1) is 23.4 Å². The predicted octanol–water partition coefficient (Wildman–Crippen LogP) is 3.30. The number of carbonyl (C=O) groups is 2. The molecule has 2 amide bonds. The van der Waals surface area contributed by atoms with Crippen LogP contribution in [0.2, 0.25) is 0 Å². The van der Waals surface area contributed by atoms with Gasteiger partial charge in [0.1, 0.15) is 11.8 Å². The van der Waals surface area contributed by atoms with Crippen LogP contribution in [0.5, 0.6) is 6.01 Å². The number of likely N-dealkylation sites (tertiary alicyclic amines) is 1. The SMILES string of the molecule is Cc1cnc(Nc2cc(C)n(C)n2)nc1-c1c[nH]c2c(NC(=O)CN3CC[C@H](Oc4nccc(C(=O)N(C)C)n4)C3)cccc12. The van der Waals surface area contributed by atoms with Crippen molar-refractivity contribution in [3.63, 3.8) is 0 Å². The number of nitrogens with zero attached hydrogens (tertiary/aromatic N) is 8. The van der Waals surface area contributed by atoms with Crippen molar-refractivity contribution in [2.75, 3.05) is 44.4 Å². The highest BCUT2D eigenvalue weighted by molar-refractivity contribution is 6.06. The van der Waals surface area contributed by atoms with E-state index in [9.17, 15) is 9.59 Å². The molecular formula is C31H35N11O3. The van der Waals surface area contributed by atoms with Crippen LogP contribution >= 0.6 is 0 Å². The summed E-state index contributed by atoms with van der Waals surface area (Å²) in [5, 5.41) is 11.6. The molecule has 0 aliphatic carbocycles. The number of amides is 2. The maximum absolute atomic E-state index is 13.1. The fourth-order valence-corrected chi connectivity index (χ4v) is 5.29. The van der Waals surface area contributed by atoms with E-state index < -0.39 is 0 Å². The average molecular weight is 610 g/mol. The summed E-state index contributed by atoms with van der Waals surface area (Å²) in [4.78, 5) is 49.8. The number of hydrogen-bond acceptors (Lipinski definition) is 10. The molecule has 14 heteroatoms. The van der Waals surface area contributed by atoms with Crippen LogP contribution in [0, 0.1) is 13.8 Å². The lowest BCUT2D eigenvalue weighted by molar-refractivity contribution is -0.117. The van der Waals surface area contributed by atoms with Crippen LogP contribution in [0.1, 0.15) is 28.2 Å². The fraction of sp³-hybridized carbons (Fsp3) is 0.323. The lowest BCUT2D eigenvalue weighted by Crippen LogP contribution is -2.33. The number of carbonyl (C=O) groups excluding carboxylic acids is 2. The Balaban J connectivity index is 1.11. The molecule has 0 bridgehead atoms. The van der Waals surface area contributed by atoms with Gasteiger partial charge in [-0.3, -0.25) is 19.2 Å². The monoisotopic (exact) mass is 609 g/mol. The van der Waals surface area contributed by atoms with E-state index in [1.807, 2.05) is 56.3 Å². The van der Waals surface area contributed by atoms with E-state index in [-0.39, 0.29) is 36.2 Å². The van der Waals surface area contributed by atoms with Gasteiger partial charge in [-0.15, -0.1) is 0 Å². The van der Waals surface area contributed by atoms with Crippen LogP contribution in [-0.4, -0.2) is 96.1 Å². The molecule has 5 aromatic rings. The maximum Gasteiger partial charge on any atom is 0.317 e. The number of fused-ring (bicyclic) bond motifs is 1. The average Bonchev–Trinajstić information content (AvgIpc) is 3.72. The molecule has 6 rings (SSSR count). The summed E-state index contributed by atoms with van der Waals surface area (Å²) in [7, 11) is 5.21. The van der Waals surface area contributed by atoms with Crippen LogP contribution in [0.15, 0.2) is 48.9 Å². The molecule has 1 aliphatic heterocycles. The van der Waals surface area contributed by atoms with Crippen LogP contribution in [0.3, 0.4) is 0 Å². The van der Waals surface area contributed by atoms with Gasteiger partial charge in [0.25, 0.3) is 5.91 Å². The fourth-order valence-electron chi connectivity index (χ4n) is 5.29. The van der Waals surface area contributed by atoms with Crippen molar-refractivity contribution in [2.24, 2.45) is 7.05 Å². The number of benzene rings is 1. The summed E-state index contributed by atoms with van der Waals surface area (Å²) in [5.41, 5.74) is 5.37. The van der Waals surface area contributed by atoms with E-state index in [4.69, 9.17) is 9.72 Å². The molecule has 232 valence electrons. The zero-order valence-corrected chi connectivity index (χ0v) is 25.8. The van der Waals surface area contributed by atoms with Crippen molar-refractivity contribution in [1.82, 2.24) is 44.5 Å². The molecule has 4 aromatic heterocycles. The Morgan fingerprint density at radius 2 is 2.00 bits per heavy atom. The molecule has 0 unspecified atom stereocenters. The second kappa shape index (κ2) is 12.3. The van der Waals surface area contributed by atoms with Gasteiger partial charge in [0.2, 0.25) is 11.9 Å². The van der Waals surface area contributed by atoms with Gasteiger partial charge in [-0.2, -0.15) is 10.1 Å². The minimum atomic E-state index is -0.221. The number of ether oxygens (including phenoxy) is 1. The predicted molar refractivity (Wildman–Crippen MR) is 169 cm³/mol. The summed E-state index contributed by atoms with van der Waals surface area (Å²) >= 11 is 0. The first-order valence-electron chi connectivity index (χ1n) is 14.6. The van der Waals surface area contributed by atoms with Gasteiger partial charge in [0, 0.05) is 75.5 Å². The largest absolute Gasteiger partial charge is 0.459 e. The summed E-state index contributed by atoms with van der Waals surface area (Å²) in [6.07, 6.45) is 5.72. The zero-order valence-electron chi connectivity index (χ0n) is 25.8. The van der Waals surface area contributed by atoms with Crippen LogP contribution in [-0.2, 0) is 11.8 Å². The van der Waals surface area contributed by atoms with Crippen molar-refractivity contribution in [1.29, 1.82) is 0 Å². The Labute approximate surface area is 259 Å². The Morgan fingerprint density at radius 3 is 2.78 bits per heavy atom. The van der Waals surface area contributed by atoms with E-state index in [1.165, 1.54) is 11.1 Å². The van der Waals surface area contributed by atoms with Gasteiger partial charge in [-0.25, -0.2) is 15.0 Å². The molecule has 3 N–H and O–H groups in total. The molecule has 0 radical (unpaired) electrons. The number of para-hydroxylation sites is 1. The van der Waals surface area contributed by atoms with Gasteiger partial charge in [0.15, 0.2) is 5.82 Å². The molecule has 1 fully saturated rings. The van der Waals surface area contributed by atoms with Crippen molar-refractivity contribution in [3.8, 4) is 17.3 Å². The molecule has 1 atom stereocenters. The van der Waals surface area contributed by atoms with Crippen molar-refractivity contribution in [2.45, 2.75) is 26.4 Å². The van der Waals surface area contributed by atoms with Gasteiger partial charge in [-0.1, -0.05) is 12.1 Å². The summed E-state index contributed by atoms with van der Waals surface area (Å²) in [6.45, 7) is 5.38. The quantitative estimate of drug-likeness (QED) is 0.226. The van der Waals surface area contributed by atoms with Crippen molar-refractivity contribution >= 4 is 40.2 Å². The topological polar surface area (TPSA) is 159 Å². The third-order valence-corrected chi connectivity index (χ3v) is 7.70. The van der Waals surface area contributed by atoms with E-state index in [2.05, 4.69) is 35.7 Å². The van der Waals surface area contributed by atoms with Gasteiger partial charge >= 0.3 is 6.01 Å². The van der Waals surface area contributed by atoms with Gasteiger partial charge < -0.3 is 25.3 Å². The third-order valence-electron chi connectivity index (χ3n) is 7.70.